The SMILES string of the molecule is COC(=O)C(C#N)Cc1ccc(OC)cc1OC. The Balaban J connectivity index is 2.96. The van der Waals surface area contributed by atoms with Crippen LogP contribution in [0.15, 0.2) is 18.2 Å². The number of esters is 1. The molecule has 0 aliphatic carbocycles. The summed E-state index contributed by atoms with van der Waals surface area (Å²) >= 11 is 0. The summed E-state index contributed by atoms with van der Waals surface area (Å²) in [7, 11) is 4.34. The fourth-order valence-electron chi connectivity index (χ4n) is 1.56. The highest BCUT2D eigenvalue weighted by Gasteiger charge is 2.21. The monoisotopic (exact) mass is 249 g/mol. The van der Waals surface area contributed by atoms with Gasteiger partial charge in [-0.05, 0) is 11.6 Å². The van der Waals surface area contributed by atoms with Crippen molar-refractivity contribution < 1.29 is 19.0 Å². The number of nitriles is 1. The van der Waals surface area contributed by atoms with Crippen LogP contribution in [0.4, 0.5) is 0 Å². The van der Waals surface area contributed by atoms with Crippen molar-refractivity contribution >= 4 is 5.97 Å². The van der Waals surface area contributed by atoms with E-state index < -0.39 is 11.9 Å². The molecule has 0 spiro atoms. The summed E-state index contributed by atoms with van der Waals surface area (Å²) in [6.45, 7) is 0. The van der Waals surface area contributed by atoms with Crippen molar-refractivity contribution in [1.82, 2.24) is 0 Å². The van der Waals surface area contributed by atoms with Crippen LogP contribution in [0.3, 0.4) is 0 Å². The summed E-state index contributed by atoms with van der Waals surface area (Å²) < 4.78 is 14.8. The molecule has 0 aliphatic rings. The number of benzene rings is 1. The second kappa shape index (κ2) is 6.50. The minimum atomic E-state index is -0.836. The van der Waals surface area contributed by atoms with E-state index in [2.05, 4.69) is 4.74 Å². The van der Waals surface area contributed by atoms with Gasteiger partial charge in [-0.15, -0.1) is 0 Å². The van der Waals surface area contributed by atoms with Gasteiger partial charge < -0.3 is 14.2 Å². The van der Waals surface area contributed by atoms with E-state index in [4.69, 9.17) is 14.7 Å². The smallest absolute Gasteiger partial charge is 0.323 e. The zero-order valence-electron chi connectivity index (χ0n) is 10.6. The summed E-state index contributed by atoms with van der Waals surface area (Å²) in [6.07, 6.45) is 0.246. The van der Waals surface area contributed by atoms with Gasteiger partial charge in [-0.2, -0.15) is 5.26 Å². The van der Waals surface area contributed by atoms with Crippen LogP contribution in [0, 0.1) is 17.2 Å². The molecule has 0 amide bonds. The largest absolute Gasteiger partial charge is 0.497 e. The maximum atomic E-state index is 11.4. The van der Waals surface area contributed by atoms with E-state index >= 15 is 0 Å². The van der Waals surface area contributed by atoms with Gasteiger partial charge in [0.1, 0.15) is 17.4 Å². The van der Waals surface area contributed by atoms with Gasteiger partial charge in [0, 0.05) is 12.5 Å². The average molecular weight is 249 g/mol. The third-order valence-corrected chi connectivity index (χ3v) is 2.56. The van der Waals surface area contributed by atoms with Crippen molar-refractivity contribution in [2.24, 2.45) is 5.92 Å². The Morgan fingerprint density at radius 3 is 2.56 bits per heavy atom. The number of carbonyl (C=O) groups is 1. The Labute approximate surface area is 106 Å². The van der Waals surface area contributed by atoms with Gasteiger partial charge in [-0.25, -0.2) is 0 Å². The van der Waals surface area contributed by atoms with Crippen LogP contribution in [0.25, 0.3) is 0 Å². The van der Waals surface area contributed by atoms with Gasteiger partial charge in [0.25, 0.3) is 0 Å². The van der Waals surface area contributed by atoms with E-state index in [0.717, 1.165) is 5.56 Å². The number of hydrogen-bond donors (Lipinski definition) is 0. The molecule has 0 aliphatic heterocycles. The third kappa shape index (κ3) is 3.14. The van der Waals surface area contributed by atoms with Crippen LogP contribution in [-0.4, -0.2) is 27.3 Å². The second-order valence-corrected chi connectivity index (χ2v) is 3.59. The normalized spacial score (nSPS) is 11.2. The van der Waals surface area contributed by atoms with Crippen molar-refractivity contribution in [2.45, 2.75) is 6.42 Å². The second-order valence-electron chi connectivity index (χ2n) is 3.59. The Morgan fingerprint density at radius 1 is 1.33 bits per heavy atom. The molecular formula is C13H15NO4. The molecule has 0 N–H and O–H groups in total. The number of methoxy groups -OCH3 is 3. The zero-order chi connectivity index (χ0) is 13.5. The Hall–Kier alpha value is -2.22. The summed E-state index contributed by atoms with van der Waals surface area (Å²) in [4.78, 5) is 11.4. The van der Waals surface area contributed by atoms with Crippen molar-refractivity contribution in [2.75, 3.05) is 21.3 Å². The molecule has 0 saturated heterocycles. The van der Waals surface area contributed by atoms with Gasteiger partial charge in [0.05, 0.1) is 27.4 Å². The maximum absolute atomic E-state index is 11.4. The molecular weight excluding hydrogens is 234 g/mol. The zero-order valence-corrected chi connectivity index (χ0v) is 10.6. The maximum Gasteiger partial charge on any atom is 0.323 e. The molecule has 0 fully saturated rings. The van der Waals surface area contributed by atoms with Crippen molar-refractivity contribution in [3.63, 3.8) is 0 Å². The lowest BCUT2D eigenvalue weighted by Crippen LogP contribution is -2.17. The van der Waals surface area contributed by atoms with Crippen molar-refractivity contribution in [1.29, 1.82) is 5.26 Å². The van der Waals surface area contributed by atoms with E-state index in [1.807, 2.05) is 6.07 Å². The van der Waals surface area contributed by atoms with Gasteiger partial charge in [-0.1, -0.05) is 6.07 Å². The summed E-state index contributed by atoms with van der Waals surface area (Å²) in [6, 6.07) is 7.15. The lowest BCUT2D eigenvalue weighted by molar-refractivity contribution is -0.143. The number of nitrogens with zero attached hydrogens (tertiary/aromatic N) is 1. The number of hydrogen-bond acceptors (Lipinski definition) is 5. The molecule has 0 saturated carbocycles. The minimum Gasteiger partial charge on any atom is -0.497 e. The molecule has 1 rings (SSSR count). The summed E-state index contributed by atoms with van der Waals surface area (Å²) in [5.74, 6) is -0.145. The van der Waals surface area contributed by atoms with E-state index in [1.165, 1.54) is 14.2 Å². The highest BCUT2D eigenvalue weighted by molar-refractivity contribution is 5.75. The number of carbonyl (C=O) groups excluding carboxylic acids is 1. The molecule has 5 nitrogen and oxygen atoms in total. The van der Waals surface area contributed by atoms with Crippen LogP contribution in [0.2, 0.25) is 0 Å². The predicted molar refractivity (Wildman–Crippen MR) is 64.4 cm³/mol. The van der Waals surface area contributed by atoms with Gasteiger partial charge >= 0.3 is 5.97 Å². The molecule has 96 valence electrons. The number of ether oxygens (including phenoxy) is 3. The standard InChI is InChI=1S/C13H15NO4/c1-16-11-5-4-9(12(7-11)17-2)6-10(8-14)13(15)18-3/h4-5,7,10H,6H2,1-3H3. The summed E-state index contributed by atoms with van der Waals surface area (Å²) in [5.41, 5.74) is 0.759. The lowest BCUT2D eigenvalue weighted by atomic mass is 10.00. The molecule has 5 heteroatoms. The Morgan fingerprint density at radius 2 is 2.06 bits per heavy atom. The molecule has 0 bridgehead atoms. The third-order valence-electron chi connectivity index (χ3n) is 2.56. The molecule has 0 heterocycles. The Kier molecular flexibility index (Phi) is 5.00. The van der Waals surface area contributed by atoms with Gasteiger partial charge in [0.2, 0.25) is 0 Å². The molecule has 0 radical (unpaired) electrons. The predicted octanol–water partition coefficient (Wildman–Crippen LogP) is 1.56. The first-order valence-electron chi connectivity index (χ1n) is 5.34. The molecule has 0 aromatic heterocycles. The first-order valence-corrected chi connectivity index (χ1v) is 5.34. The summed E-state index contributed by atoms with van der Waals surface area (Å²) in [5, 5.41) is 8.94. The molecule has 1 atom stereocenters. The van der Waals surface area contributed by atoms with Crippen molar-refractivity contribution in [3.05, 3.63) is 23.8 Å². The van der Waals surface area contributed by atoms with E-state index in [9.17, 15) is 4.79 Å². The van der Waals surface area contributed by atoms with Crippen LogP contribution in [0.5, 0.6) is 11.5 Å². The fourth-order valence-corrected chi connectivity index (χ4v) is 1.56. The van der Waals surface area contributed by atoms with E-state index in [0.29, 0.717) is 11.5 Å². The Bertz CT molecular complexity index is 465. The van der Waals surface area contributed by atoms with Crippen molar-refractivity contribution in [3.8, 4) is 17.6 Å². The van der Waals surface area contributed by atoms with Crippen LogP contribution in [0.1, 0.15) is 5.56 Å². The van der Waals surface area contributed by atoms with Gasteiger partial charge in [-0.3, -0.25) is 4.79 Å². The minimum absolute atomic E-state index is 0.246. The fraction of sp³-hybridized carbons (Fsp3) is 0.385. The highest BCUT2D eigenvalue weighted by atomic mass is 16.5. The van der Waals surface area contributed by atoms with Crippen LogP contribution in [-0.2, 0) is 16.0 Å². The molecule has 1 unspecified atom stereocenters. The first kappa shape index (κ1) is 13.8. The lowest BCUT2D eigenvalue weighted by Gasteiger charge is -2.12. The average Bonchev–Trinajstić information content (AvgIpc) is 2.43. The topological polar surface area (TPSA) is 68.6 Å². The van der Waals surface area contributed by atoms with Crippen LogP contribution >= 0.6 is 0 Å². The van der Waals surface area contributed by atoms with Crippen LogP contribution < -0.4 is 9.47 Å². The number of rotatable bonds is 5. The first-order chi connectivity index (χ1) is 8.65. The van der Waals surface area contributed by atoms with Gasteiger partial charge in [0.15, 0.2) is 0 Å². The van der Waals surface area contributed by atoms with E-state index in [1.54, 1.807) is 25.3 Å². The molecule has 18 heavy (non-hydrogen) atoms. The molecule has 1 aromatic rings. The highest BCUT2D eigenvalue weighted by Crippen LogP contribution is 2.26. The molecule has 1 aromatic carbocycles. The quantitative estimate of drug-likeness (QED) is 0.741. The van der Waals surface area contributed by atoms with E-state index in [-0.39, 0.29) is 6.42 Å².